The number of halogens is 1. The number of rotatable bonds is 6. The van der Waals surface area contributed by atoms with Crippen LogP contribution < -0.4 is 0 Å². The third kappa shape index (κ3) is 3.90. The molecule has 1 aromatic rings. The van der Waals surface area contributed by atoms with Gasteiger partial charge in [-0.2, -0.15) is 0 Å². The van der Waals surface area contributed by atoms with Crippen LogP contribution in [-0.2, 0) is 23.9 Å². The minimum atomic E-state index is -1.16. The first kappa shape index (κ1) is 16.4. The highest BCUT2D eigenvalue weighted by atomic mass is 79.9. The van der Waals surface area contributed by atoms with Crippen LogP contribution in [0.25, 0.3) is 0 Å². The molecule has 0 N–H and O–H groups in total. The van der Waals surface area contributed by atoms with Crippen molar-refractivity contribution < 1.29 is 23.9 Å². The summed E-state index contributed by atoms with van der Waals surface area (Å²) < 4.78 is 10.1. The van der Waals surface area contributed by atoms with Crippen LogP contribution in [0.3, 0.4) is 0 Å². The van der Waals surface area contributed by atoms with Crippen LogP contribution in [-0.4, -0.2) is 32.4 Å². The van der Waals surface area contributed by atoms with Crippen molar-refractivity contribution in [3.05, 3.63) is 34.3 Å². The lowest BCUT2D eigenvalue weighted by atomic mass is 9.84. The fraction of sp³-hybridized carbons (Fsp3) is 0.357. The molecule has 0 unspecified atom stereocenters. The molecule has 0 bridgehead atoms. The Morgan fingerprint density at radius 2 is 1.65 bits per heavy atom. The summed E-state index contributed by atoms with van der Waals surface area (Å²) in [6, 6.07) is 7.05. The Bertz CT molecular complexity index is 467. The van der Waals surface area contributed by atoms with Crippen LogP contribution in [0.4, 0.5) is 0 Å². The van der Waals surface area contributed by atoms with E-state index in [1.807, 2.05) is 0 Å². The molecule has 1 rings (SSSR count). The molecule has 0 aliphatic rings. The molecule has 0 aliphatic heterocycles. The number of ether oxygens (including phenoxy) is 2. The van der Waals surface area contributed by atoms with Gasteiger partial charge in [0.2, 0.25) is 0 Å². The van der Waals surface area contributed by atoms with Gasteiger partial charge < -0.3 is 14.3 Å². The van der Waals surface area contributed by atoms with Crippen molar-refractivity contribution in [1.29, 1.82) is 0 Å². The van der Waals surface area contributed by atoms with Crippen molar-refractivity contribution in [3.8, 4) is 0 Å². The Morgan fingerprint density at radius 1 is 1.15 bits per heavy atom. The number of esters is 2. The average Bonchev–Trinajstić information content (AvgIpc) is 2.47. The third-order valence-electron chi connectivity index (χ3n) is 2.96. The minimum absolute atomic E-state index is 0.0243. The van der Waals surface area contributed by atoms with Crippen LogP contribution in [0, 0.1) is 5.92 Å². The molecule has 0 aliphatic carbocycles. The monoisotopic (exact) mass is 342 g/mol. The van der Waals surface area contributed by atoms with E-state index >= 15 is 0 Å². The Balaban J connectivity index is 3.19. The number of methoxy groups -OCH3 is 2. The lowest BCUT2D eigenvalue weighted by Crippen LogP contribution is -2.32. The van der Waals surface area contributed by atoms with Crippen LogP contribution in [0.15, 0.2) is 28.7 Å². The normalized spacial score (nSPS) is 11.8. The second-order valence-corrected chi connectivity index (χ2v) is 5.00. The van der Waals surface area contributed by atoms with Crippen molar-refractivity contribution in [2.75, 3.05) is 14.2 Å². The quantitative estimate of drug-likeness (QED) is 0.449. The largest absolute Gasteiger partial charge is 0.468 e. The molecule has 0 aromatic heterocycles. The van der Waals surface area contributed by atoms with Crippen molar-refractivity contribution in [1.82, 2.24) is 0 Å². The first-order valence-corrected chi connectivity index (χ1v) is 6.69. The van der Waals surface area contributed by atoms with Crippen LogP contribution >= 0.6 is 15.9 Å². The van der Waals surface area contributed by atoms with E-state index in [1.54, 1.807) is 24.3 Å². The van der Waals surface area contributed by atoms with E-state index < -0.39 is 23.8 Å². The summed E-state index contributed by atoms with van der Waals surface area (Å²) in [6.45, 7) is 0. The summed E-state index contributed by atoms with van der Waals surface area (Å²) in [7, 11) is 2.38. The molecule has 0 saturated heterocycles. The topological polar surface area (TPSA) is 69.7 Å². The smallest absolute Gasteiger partial charge is 0.320 e. The van der Waals surface area contributed by atoms with Gasteiger partial charge in [0.1, 0.15) is 6.29 Å². The highest BCUT2D eigenvalue weighted by Crippen LogP contribution is 2.30. The summed E-state index contributed by atoms with van der Waals surface area (Å²) >= 11 is 3.30. The fourth-order valence-electron chi connectivity index (χ4n) is 1.96. The van der Waals surface area contributed by atoms with Crippen molar-refractivity contribution in [2.45, 2.75) is 12.3 Å². The molecule has 1 atom stereocenters. The van der Waals surface area contributed by atoms with Gasteiger partial charge in [0.15, 0.2) is 5.92 Å². The molecule has 0 radical (unpaired) electrons. The summed E-state index contributed by atoms with van der Waals surface area (Å²) in [5.74, 6) is -3.20. The molecule has 0 spiro atoms. The number of benzene rings is 1. The van der Waals surface area contributed by atoms with Crippen molar-refractivity contribution >= 4 is 34.2 Å². The molecule has 20 heavy (non-hydrogen) atoms. The van der Waals surface area contributed by atoms with E-state index in [1.165, 1.54) is 14.2 Å². The summed E-state index contributed by atoms with van der Waals surface area (Å²) in [5, 5.41) is 0. The molecule has 0 saturated carbocycles. The Morgan fingerprint density at radius 3 is 2.05 bits per heavy atom. The Hall–Kier alpha value is -1.69. The van der Waals surface area contributed by atoms with E-state index in [0.29, 0.717) is 11.8 Å². The van der Waals surface area contributed by atoms with Gasteiger partial charge in [-0.25, -0.2) is 0 Å². The van der Waals surface area contributed by atoms with Gasteiger partial charge in [-0.15, -0.1) is 0 Å². The van der Waals surface area contributed by atoms with E-state index in [0.717, 1.165) is 4.47 Å². The summed E-state index contributed by atoms with van der Waals surface area (Å²) in [5.41, 5.74) is 0.695. The maximum Gasteiger partial charge on any atom is 0.320 e. The molecular formula is C14H15BrO5. The lowest BCUT2D eigenvalue weighted by Gasteiger charge is -2.22. The van der Waals surface area contributed by atoms with Gasteiger partial charge in [0.25, 0.3) is 0 Å². The van der Waals surface area contributed by atoms with Crippen molar-refractivity contribution in [3.63, 3.8) is 0 Å². The zero-order valence-corrected chi connectivity index (χ0v) is 12.8. The predicted molar refractivity (Wildman–Crippen MR) is 75.1 cm³/mol. The molecule has 1 aromatic carbocycles. The first-order valence-electron chi connectivity index (χ1n) is 5.89. The first-order chi connectivity index (χ1) is 9.54. The van der Waals surface area contributed by atoms with Gasteiger partial charge in [0, 0.05) is 16.8 Å². The van der Waals surface area contributed by atoms with Gasteiger partial charge >= 0.3 is 11.9 Å². The molecule has 6 heteroatoms. The number of aldehydes is 1. The second-order valence-electron chi connectivity index (χ2n) is 4.08. The molecular weight excluding hydrogens is 328 g/mol. The highest BCUT2D eigenvalue weighted by Gasteiger charge is 2.37. The maximum absolute atomic E-state index is 11.8. The average molecular weight is 343 g/mol. The number of carbonyl (C=O) groups is 3. The fourth-order valence-corrected chi connectivity index (χ4v) is 2.22. The summed E-state index contributed by atoms with van der Waals surface area (Å²) in [4.78, 5) is 34.5. The van der Waals surface area contributed by atoms with E-state index in [2.05, 4.69) is 25.4 Å². The van der Waals surface area contributed by atoms with Crippen molar-refractivity contribution in [2.24, 2.45) is 5.92 Å². The predicted octanol–water partition coefficient (Wildman–Crippen LogP) is 2.08. The van der Waals surface area contributed by atoms with E-state index in [-0.39, 0.29) is 6.42 Å². The molecule has 0 fully saturated rings. The third-order valence-corrected chi connectivity index (χ3v) is 3.49. The second kappa shape index (κ2) is 7.79. The molecule has 0 amide bonds. The van der Waals surface area contributed by atoms with Gasteiger partial charge in [-0.3, -0.25) is 9.59 Å². The SMILES string of the molecule is COC(=O)C(C(=O)OC)[C@H](CC=O)c1ccc(Br)cc1. The van der Waals surface area contributed by atoms with Crippen LogP contribution in [0.1, 0.15) is 17.9 Å². The zero-order chi connectivity index (χ0) is 15.1. The van der Waals surface area contributed by atoms with Crippen LogP contribution in [0.2, 0.25) is 0 Å². The van der Waals surface area contributed by atoms with E-state index in [9.17, 15) is 14.4 Å². The minimum Gasteiger partial charge on any atom is -0.468 e. The van der Waals surface area contributed by atoms with Gasteiger partial charge in [0.05, 0.1) is 14.2 Å². The molecule has 108 valence electrons. The number of hydrogen-bond donors (Lipinski definition) is 0. The van der Waals surface area contributed by atoms with Crippen LogP contribution in [0.5, 0.6) is 0 Å². The number of hydrogen-bond acceptors (Lipinski definition) is 5. The van der Waals surface area contributed by atoms with Gasteiger partial charge in [-0.1, -0.05) is 28.1 Å². The Kier molecular flexibility index (Phi) is 6.38. The Labute approximate surface area is 125 Å². The van der Waals surface area contributed by atoms with Gasteiger partial charge in [-0.05, 0) is 17.7 Å². The molecule has 0 heterocycles. The zero-order valence-electron chi connectivity index (χ0n) is 11.2. The molecule has 5 nitrogen and oxygen atoms in total. The summed E-state index contributed by atoms with van der Waals surface area (Å²) in [6.07, 6.45) is 0.697. The number of carbonyl (C=O) groups excluding carboxylic acids is 3. The standard InChI is InChI=1S/C14H15BrO5/c1-19-13(17)12(14(18)20-2)11(7-8-16)9-3-5-10(15)6-4-9/h3-6,8,11-12H,7H2,1-2H3/t11-/m1/s1. The highest BCUT2D eigenvalue weighted by molar-refractivity contribution is 9.10. The maximum atomic E-state index is 11.8. The lowest BCUT2D eigenvalue weighted by molar-refractivity contribution is -0.160. The van der Waals surface area contributed by atoms with E-state index in [4.69, 9.17) is 0 Å².